The van der Waals surface area contributed by atoms with Gasteiger partial charge in [-0.1, -0.05) is 6.07 Å². The molecule has 1 aromatic carbocycles. The van der Waals surface area contributed by atoms with E-state index in [1.807, 2.05) is 4.90 Å². The number of piperidine rings is 1. The molecule has 26 heavy (non-hydrogen) atoms. The van der Waals surface area contributed by atoms with Crippen LogP contribution in [0.2, 0.25) is 0 Å². The molecule has 1 atom stereocenters. The summed E-state index contributed by atoms with van der Waals surface area (Å²) in [6.07, 6.45) is 3.03. The summed E-state index contributed by atoms with van der Waals surface area (Å²) in [6, 6.07) is 5.60. The highest BCUT2D eigenvalue weighted by molar-refractivity contribution is 5.47. The molecule has 0 saturated carbocycles. The molecule has 1 aromatic heterocycles. The number of halogens is 2. The van der Waals surface area contributed by atoms with Crippen LogP contribution in [0.5, 0.6) is 0 Å². The SMILES string of the molecule is Cc1cc(NC2CCCN(Cc3c(F)cccc3F)C2)ncc1[N+](=O)[O-]. The maximum Gasteiger partial charge on any atom is 0.290 e. The molecule has 0 radical (unpaired) electrons. The van der Waals surface area contributed by atoms with Gasteiger partial charge in [0.15, 0.2) is 0 Å². The summed E-state index contributed by atoms with van der Waals surface area (Å²) in [4.78, 5) is 16.5. The number of nitro groups is 1. The molecule has 1 aliphatic heterocycles. The number of nitrogens with one attached hydrogen (secondary N) is 1. The first-order valence-corrected chi connectivity index (χ1v) is 8.47. The molecule has 138 valence electrons. The first kappa shape index (κ1) is 18.2. The van der Waals surface area contributed by atoms with Crippen LogP contribution < -0.4 is 5.32 Å². The standard InChI is InChI=1S/C18H20F2N4O2/c1-12-8-18(21-9-17(12)24(25)26)22-13-4-3-7-23(10-13)11-14-15(19)5-2-6-16(14)20/h2,5-6,8-9,13H,3-4,7,10-11H2,1H3,(H,21,22). The number of anilines is 1. The Hall–Kier alpha value is -2.61. The van der Waals surface area contributed by atoms with Gasteiger partial charge in [0.05, 0.1) is 4.92 Å². The van der Waals surface area contributed by atoms with Gasteiger partial charge >= 0.3 is 0 Å². The second-order valence-corrected chi connectivity index (χ2v) is 6.53. The Labute approximate surface area is 150 Å². The second-order valence-electron chi connectivity index (χ2n) is 6.53. The highest BCUT2D eigenvalue weighted by Gasteiger charge is 2.23. The van der Waals surface area contributed by atoms with Gasteiger partial charge in [-0.05, 0) is 44.5 Å². The summed E-state index contributed by atoms with van der Waals surface area (Å²) >= 11 is 0. The zero-order valence-electron chi connectivity index (χ0n) is 14.4. The third-order valence-corrected chi connectivity index (χ3v) is 4.58. The number of pyridine rings is 1. The van der Waals surface area contributed by atoms with Gasteiger partial charge < -0.3 is 5.32 Å². The highest BCUT2D eigenvalue weighted by atomic mass is 19.1. The fourth-order valence-electron chi connectivity index (χ4n) is 3.25. The molecule has 1 fully saturated rings. The van der Waals surface area contributed by atoms with Crippen molar-refractivity contribution in [2.24, 2.45) is 0 Å². The molecule has 2 aromatic rings. The number of aryl methyl sites for hydroxylation is 1. The molecule has 1 saturated heterocycles. The van der Waals surface area contributed by atoms with E-state index in [-0.39, 0.29) is 23.8 Å². The van der Waals surface area contributed by atoms with E-state index in [0.717, 1.165) is 19.4 Å². The van der Waals surface area contributed by atoms with Crippen LogP contribution in [0.1, 0.15) is 24.0 Å². The fourth-order valence-corrected chi connectivity index (χ4v) is 3.25. The van der Waals surface area contributed by atoms with Gasteiger partial charge in [-0.3, -0.25) is 15.0 Å². The summed E-state index contributed by atoms with van der Waals surface area (Å²) in [5.74, 6) is -0.502. The van der Waals surface area contributed by atoms with Gasteiger partial charge in [0, 0.05) is 30.3 Å². The fraction of sp³-hybridized carbons (Fsp3) is 0.389. The predicted molar refractivity (Wildman–Crippen MR) is 93.9 cm³/mol. The van der Waals surface area contributed by atoms with E-state index in [9.17, 15) is 18.9 Å². The van der Waals surface area contributed by atoms with Crippen molar-refractivity contribution in [3.8, 4) is 0 Å². The highest BCUT2D eigenvalue weighted by Crippen LogP contribution is 2.22. The molecule has 1 unspecified atom stereocenters. The first-order chi connectivity index (χ1) is 12.4. The van der Waals surface area contributed by atoms with Crippen LogP contribution in [-0.4, -0.2) is 33.9 Å². The van der Waals surface area contributed by atoms with Crippen LogP contribution in [0, 0.1) is 28.7 Å². The van der Waals surface area contributed by atoms with Crippen molar-refractivity contribution in [3.05, 3.63) is 63.3 Å². The van der Waals surface area contributed by atoms with E-state index >= 15 is 0 Å². The lowest BCUT2D eigenvalue weighted by atomic mass is 10.0. The average Bonchev–Trinajstić information content (AvgIpc) is 2.58. The number of likely N-dealkylation sites (tertiary alicyclic amines) is 1. The Bertz CT molecular complexity index is 796. The molecule has 8 heteroatoms. The smallest absolute Gasteiger partial charge is 0.290 e. The quantitative estimate of drug-likeness (QED) is 0.649. The first-order valence-electron chi connectivity index (χ1n) is 8.47. The van der Waals surface area contributed by atoms with Gasteiger partial charge in [0.25, 0.3) is 5.69 Å². The largest absolute Gasteiger partial charge is 0.366 e. The molecule has 6 nitrogen and oxygen atoms in total. The minimum Gasteiger partial charge on any atom is -0.366 e. The van der Waals surface area contributed by atoms with E-state index in [1.54, 1.807) is 13.0 Å². The lowest BCUT2D eigenvalue weighted by Crippen LogP contribution is -2.42. The maximum absolute atomic E-state index is 13.8. The molecule has 0 aliphatic carbocycles. The van der Waals surface area contributed by atoms with Crippen LogP contribution in [0.4, 0.5) is 20.3 Å². The third kappa shape index (κ3) is 4.13. The van der Waals surface area contributed by atoms with Gasteiger partial charge in [-0.2, -0.15) is 0 Å². The minimum atomic E-state index is -0.534. The summed E-state index contributed by atoms with van der Waals surface area (Å²) in [5, 5.41) is 14.1. The molecule has 0 bridgehead atoms. The van der Waals surface area contributed by atoms with Crippen LogP contribution in [0.3, 0.4) is 0 Å². The molecule has 0 spiro atoms. The molecule has 1 aliphatic rings. The van der Waals surface area contributed by atoms with Gasteiger partial charge in [0.1, 0.15) is 23.6 Å². The number of hydrogen-bond acceptors (Lipinski definition) is 5. The number of hydrogen-bond donors (Lipinski definition) is 1. The Morgan fingerprint density at radius 3 is 2.77 bits per heavy atom. The van der Waals surface area contributed by atoms with Crippen molar-refractivity contribution < 1.29 is 13.7 Å². The molecular weight excluding hydrogens is 342 g/mol. The zero-order chi connectivity index (χ0) is 18.7. The van der Waals surface area contributed by atoms with Crippen molar-refractivity contribution in [3.63, 3.8) is 0 Å². The van der Waals surface area contributed by atoms with Crippen LogP contribution in [0.15, 0.2) is 30.5 Å². The second kappa shape index (κ2) is 7.74. The number of nitrogens with zero attached hydrogens (tertiary/aromatic N) is 3. The van der Waals surface area contributed by atoms with Crippen molar-refractivity contribution in [1.29, 1.82) is 0 Å². The molecule has 2 heterocycles. The summed E-state index contributed by atoms with van der Waals surface area (Å²) < 4.78 is 27.7. The lowest BCUT2D eigenvalue weighted by molar-refractivity contribution is -0.385. The minimum absolute atomic E-state index is 0.0177. The van der Waals surface area contributed by atoms with Crippen LogP contribution >= 0.6 is 0 Å². The van der Waals surface area contributed by atoms with Crippen molar-refractivity contribution in [2.45, 2.75) is 32.4 Å². The molecule has 3 rings (SSSR count). The van der Waals surface area contributed by atoms with Crippen molar-refractivity contribution in [1.82, 2.24) is 9.88 Å². The Morgan fingerprint density at radius 2 is 2.12 bits per heavy atom. The van der Waals surface area contributed by atoms with Crippen molar-refractivity contribution in [2.75, 3.05) is 18.4 Å². The Balaban J connectivity index is 1.65. The van der Waals surface area contributed by atoms with Gasteiger partial charge in [-0.25, -0.2) is 13.8 Å². The number of benzene rings is 1. The van der Waals surface area contributed by atoms with E-state index < -0.39 is 16.6 Å². The Kier molecular flexibility index (Phi) is 5.41. The van der Waals surface area contributed by atoms with Crippen LogP contribution in [-0.2, 0) is 6.54 Å². The lowest BCUT2D eigenvalue weighted by Gasteiger charge is -2.33. The van der Waals surface area contributed by atoms with E-state index in [0.29, 0.717) is 17.9 Å². The number of rotatable bonds is 5. The molecule has 1 N–H and O–H groups in total. The van der Waals surface area contributed by atoms with E-state index in [2.05, 4.69) is 10.3 Å². The predicted octanol–water partition coefficient (Wildman–Crippen LogP) is 3.65. The third-order valence-electron chi connectivity index (χ3n) is 4.58. The summed E-state index contributed by atoms with van der Waals surface area (Å²) in [7, 11) is 0. The monoisotopic (exact) mass is 362 g/mol. The van der Waals surface area contributed by atoms with Gasteiger partial charge in [0.2, 0.25) is 0 Å². The van der Waals surface area contributed by atoms with E-state index in [1.165, 1.54) is 24.4 Å². The topological polar surface area (TPSA) is 71.3 Å². The van der Waals surface area contributed by atoms with Gasteiger partial charge in [-0.15, -0.1) is 0 Å². The number of aromatic nitrogens is 1. The van der Waals surface area contributed by atoms with Crippen LogP contribution in [0.25, 0.3) is 0 Å². The summed E-state index contributed by atoms with van der Waals surface area (Å²) in [6.45, 7) is 3.26. The normalized spacial score (nSPS) is 17.9. The summed E-state index contributed by atoms with van der Waals surface area (Å²) in [5.41, 5.74) is 0.599. The molecule has 0 amide bonds. The Morgan fingerprint density at radius 1 is 1.38 bits per heavy atom. The maximum atomic E-state index is 13.8. The average molecular weight is 362 g/mol. The zero-order valence-corrected chi connectivity index (χ0v) is 14.4. The molecular formula is C18H20F2N4O2. The van der Waals surface area contributed by atoms with E-state index in [4.69, 9.17) is 0 Å². The van der Waals surface area contributed by atoms with Crippen molar-refractivity contribution >= 4 is 11.5 Å².